The second-order valence-electron chi connectivity index (χ2n) is 5.22. The molecular formula is C15H22F2N2O3. The first-order valence-electron chi connectivity index (χ1n) is 7.19. The fourth-order valence-electron chi connectivity index (χ4n) is 2.77. The number of hydrogen-bond acceptors (Lipinski definition) is 5. The Morgan fingerprint density at radius 2 is 1.95 bits per heavy atom. The molecule has 1 aromatic carbocycles. The Kier molecular flexibility index (Phi) is 5.55. The van der Waals surface area contributed by atoms with Crippen LogP contribution in [0.2, 0.25) is 0 Å². The van der Waals surface area contributed by atoms with E-state index in [-0.39, 0.29) is 0 Å². The van der Waals surface area contributed by atoms with Gasteiger partial charge in [0.05, 0.1) is 14.2 Å². The second-order valence-corrected chi connectivity index (χ2v) is 5.22. The van der Waals surface area contributed by atoms with Gasteiger partial charge in [0.25, 0.3) is 5.92 Å². The highest BCUT2D eigenvalue weighted by molar-refractivity contribution is 5.43. The lowest BCUT2D eigenvalue weighted by molar-refractivity contribution is -0.119. The topological polar surface area (TPSA) is 54.0 Å². The van der Waals surface area contributed by atoms with E-state index in [1.54, 1.807) is 23.1 Å². The molecule has 1 aliphatic rings. The molecule has 0 spiro atoms. The van der Waals surface area contributed by atoms with E-state index in [4.69, 9.17) is 9.47 Å². The maximum Gasteiger partial charge on any atom is 0.290 e. The van der Waals surface area contributed by atoms with Crippen LogP contribution in [0.5, 0.6) is 11.5 Å². The molecule has 0 aromatic heterocycles. The van der Waals surface area contributed by atoms with E-state index in [0.29, 0.717) is 43.2 Å². The van der Waals surface area contributed by atoms with Crippen LogP contribution in [0, 0.1) is 0 Å². The zero-order chi connectivity index (χ0) is 16.2. The Bertz CT molecular complexity index is 494. The summed E-state index contributed by atoms with van der Waals surface area (Å²) >= 11 is 0. The van der Waals surface area contributed by atoms with Gasteiger partial charge in [-0.2, -0.15) is 0 Å². The summed E-state index contributed by atoms with van der Waals surface area (Å²) in [5.41, 5.74) is 0.322. The van der Waals surface area contributed by atoms with Gasteiger partial charge in [-0.05, 0) is 18.2 Å². The molecule has 1 heterocycles. The number of alkyl halides is 2. The summed E-state index contributed by atoms with van der Waals surface area (Å²) in [4.78, 5) is 1.67. The Balaban J connectivity index is 2.47. The monoisotopic (exact) mass is 316 g/mol. The number of rotatable bonds is 6. The molecule has 2 rings (SSSR count). The summed E-state index contributed by atoms with van der Waals surface area (Å²) in [6, 6.07) is 3.56. The maximum atomic E-state index is 14.4. The van der Waals surface area contributed by atoms with Crippen molar-refractivity contribution in [2.24, 2.45) is 0 Å². The number of ether oxygens (including phenoxy) is 2. The quantitative estimate of drug-likeness (QED) is 0.828. The number of aliphatic hydroxyl groups is 1. The van der Waals surface area contributed by atoms with Gasteiger partial charge in [0.2, 0.25) is 0 Å². The van der Waals surface area contributed by atoms with E-state index in [2.05, 4.69) is 5.32 Å². The Hall–Kier alpha value is -1.44. The molecule has 124 valence electrons. The van der Waals surface area contributed by atoms with Crippen molar-refractivity contribution in [2.45, 2.75) is 12.0 Å². The first-order chi connectivity index (χ1) is 10.5. The Morgan fingerprint density at radius 3 is 2.50 bits per heavy atom. The normalized spacial score (nSPS) is 18.0. The summed E-state index contributed by atoms with van der Waals surface area (Å²) < 4.78 is 39.2. The van der Waals surface area contributed by atoms with Gasteiger partial charge in [-0.25, -0.2) is 8.78 Å². The highest BCUT2D eigenvalue weighted by atomic mass is 19.3. The van der Waals surface area contributed by atoms with E-state index in [0.717, 1.165) is 0 Å². The molecule has 1 atom stereocenters. The minimum atomic E-state index is -3.28. The van der Waals surface area contributed by atoms with Gasteiger partial charge in [-0.15, -0.1) is 0 Å². The highest BCUT2D eigenvalue weighted by Gasteiger charge is 2.45. The predicted molar refractivity (Wildman–Crippen MR) is 78.8 cm³/mol. The molecule has 7 heteroatoms. The summed E-state index contributed by atoms with van der Waals surface area (Å²) in [6.07, 6.45) is 0. The Labute approximate surface area is 128 Å². The van der Waals surface area contributed by atoms with Gasteiger partial charge in [0, 0.05) is 31.7 Å². The lowest BCUT2D eigenvalue weighted by Gasteiger charge is -2.39. The highest BCUT2D eigenvalue weighted by Crippen LogP contribution is 2.41. The molecule has 1 aromatic rings. The smallest absolute Gasteiger partial charge is 0.290 e. The first-order valence-corrected chi connectivity index (χ1v) is 7.19. The van der Waals surface area contributed by atoms with E-state index in [9.17, 15) is 13.9 Å². The van der Waals surface area contributed by atoms with Gasteiger partial charge >= 0.3 is 0 Å². The van der Waals surface area contributed by atoms with Crippen molar-refractivity contribution in [3.8, 4) is 11.5 Å². The van der Waals surface area contributed by atoms with Gasteiger partial charge in [0.1, 0.15) is 24.1 Å². The van der Waals surface area contributed by atoms with Crippen molar-refractivity contribution < 1.29 is 23.4 Å². The van der Waals surface area contributed by atoms with Crippen molar-refractivity contribution in [3.05, 3.63) is 23.8 Å². The minimum absolute atomic E-state index is 0.322. The first kappa shape index (κ1) is 16.9. The number of aliphatic hydroxyl groups excluding tert-OH is 1. The molecule has 0 unspecified atom stereocenters. The number of piperazine rings is 1. The molecule has 0 bridgehead atoms. The number of nitrogens with zero attached hydrogens (tertiary/aromatic N) is 1. The third kappa shape index (κ3) is 3.48. The van der Waals surface area contributed by atoms with Crippen LogP contribution in [0.15, 0.2) is 18.2 Å². The van der Waals surface area contributed by atoms with Crippen LogP contribution in [0.25, 0.3) is 0 Å². The fraction of sp³-hybridized carbons (Fsp3) is 0.600. The minimum Gasteiger partial charge on any atom is -0.497 e. The number of halogens is 2. The van der Waals surface area contributed by atoms with E-state index in [1.807, 2.05) is 0 Å². The largest absolute Gasteiger partial charge is 0.497 e. The molecule has 0 aliphatic carbocycles. The molecule has 1 aliphatic heterocycles. The van der Waals surface area contributed by atoms with Crippen molar-refractivity contribution in [3.63, 3.8) is 0 Å². The number of hydrogen-bond donors (Lipinski definition) is 2. The average Bonchev–Trinajstić information content (AvgIpc) is 2.55. The van der Waals surface area contributed by atoms with Gasteiger partial charge < -0.3 is 19.9 Å². The van der Waals surface area contributed by atoms with E-state index >= 15 is 0 Å². The lowest BCUT2D eigenvalue weighted by Crippen LogP contribution is -2.51. The van der Waals surface area contributed by atoms with E-state index < -0.39 is 18.6 Å². The van der Waals surface area contributed by atoms with Crippen molar-refractivity contribution in [1.82, 2.24) is 10.2 Å². The second kappa shape index (κ2) is 7.21. The molecule has 1 fully saturated rings. The predicted octanol–water partition coefficient (Wildman–Crippen LogP) is 1.28. The standard InChI is InChI=1S/C15H22F2N2O3/c1-21-11-3-4-13(22-2)12(9-11)14(15(16,17)10-20)19-7-5-18-6-8-19/h3-4,9,14,18,20H,5-8,10H2,1-2H3/t14-/m1/s1. The summed E-state index contributed by atoms with van der Waals surface area (Å²) in [6.45, 7) is 0.984. The van der Waals surface area contributed by atoms with Crippen LogP contribution in [0.1, 0.15) is 11.6 Å². The van der Waals surface area contributed by atoms with Gasteiger partial charge in [-0.1, -0.05) is 0 Å². The molecule has 1 saturated heterocycles. The zero-order valence-electron chi connectivity index (χ0n) is 12.8. The van der Waals surface area contributed by atoms with Crippen molar-refractivity contribution in [2.75, 3.05) is 47.0 Å². The van der Waals surface area contributed by atoms with E-state index in [1.165, 1.54) is 14.2 Å². The molecule has 0 radical (unpaired) electrons. The lowest BCUT2D eigenvalue weighted by atomic mass is 9.97. The van der Waals surface area contributed by atoms with Crippen molar-refractivity contribution in [1.29, 1.82) is 0 Å². The van der Waals surface area contributed by atoms with Crippen LogP contribution >= 0.6 is 0 Å². The zero-order valence-corrected chi connectivity index (χ0v) is 12.8. The summed E-state index contributed by atoms with van der Waals surface area (Å²) in [5, 5.41) is 12.3. The van der Waals surface area contributed by atoms with Crippen LogP contribution < -0.4 is 14.8 Å². The molecule has 0 saturated carbocycles. The molecular weight excluding hydrogens is 294 g/mol. The third-order valence-corrected chi connectivity index (χ3v) is 3.86. The summed E-state index contributed by atoms with van der Waals surface area (Å²) in [7, 11) is 2.92. The SMILES string of the molecule is COc1ccc(OC)c([C@@H](N2CCNCC2)C(F)(F)CO)c1. The summed E-state index contributed by atoms with van der Waals surface area (Å²) in [5.74, 6) is -2.45. The van der Waals surface area contributed by atoms with Gasteiger partial charge in [-0.3, -0.25) is 4.90 Å². The van der Waals surface area contributed by atoms with Crippen LogP contribution in [-0.2, 0) is 0 Å². The van der Waals surface area contributed by atoms with Crippen LogP contribution in [0.4, 0.5) is 8.78 Å². The fourth-order valence-corrected chi connectivity index (χ4v) is 2.77. The number of benzene rings is 1. The Morgan fingerprint density at radius 1 is 1.27 bits per heavy atom. The molecule has 0 amide bonds. The van der Waals surface area contributed by atoms with Crippen LogP contribution in [-0.4, -0.2) is 62.9 Å². The van der Waals surface area contributed by atoms with Crippen molar-refractivity contribution >= 4 is 0 Å². The van der Waals surface area contributed by atoms with Crippen LogP contribution in [0.3, 0.4) is 0 Å². The van der Waals surface area contributed by atoms with Gasteiger partial charge in [0.15, 0.2) is 0 Å². The molecule has 22 heavy (non-hydrogen) atoms. The number of nitrogens with one attached hydrogen (secondary N) is 1. The average molecular weight is 316 g/mol. The third-order valence-electron chi connectivity index (χ3n) is 3.86. The molecule has 2 N–H and O–H groups in total. The number of methoxy groups -OCH3 is 2. The maximum absolute atomic E-state index is 14.4. The molecule has 5 nitrogen and oxygen atoms in total.